The highest BCUT2D eigenvalue weighted by Gasteiger charge is 2.53. The molecule has 0 unspecified atom stereocenters. The van der Waals surface area contributed by atoms with Crippen molar-refractivity contribution < 1.29 is 36.9 Å². The molecular formula is C19H32F3NO5. The molecule has 0 bridgehead atoms. The molecule has 9 heteroatoms. The van der Waals surface area contributed by atoms with E-state index in [0.29, 0.717) is 0 Å². The fourth-order valence-corrected chi connectivity index (χ4v) is 3.78. The van der Waals surface area contributed by atoms with Gasteiger partial charge in [0.2, 0.25) is 0 Å². The summed E-state index contributed by atoms with van der Waals surface area (Å²) in [6, 6.07) is -0.986. The van der Waals surface area contributed by atoms with Crippen LogP contribution in [0.2, 0.25) is 0 Å². The first-order valence-corrected chi connectivity index (χ1v) is 9.98. The van der Waals surface area contributed by atoms with Crippen LogP contribution in [0.25, 0.3) is 0 Å². The molecule has 2 aliphatic heterocycles. The third kappa shape index (κ3) is 5.81. The topological polar surface area (TPSA) is 66.0 Å². The van der Waals surface area contributed by atoms with Gasteiger partial charge in [0.25, 0.3) is 0 Å². The monoisotopic (exact) mass is 411 g/mol. The van der Waals surface area contributed by atoms with Gasteiger partial charge >= 0.3 is 12.1 Å². The summed E-state index contributed by atoms with van der Waals surface area (Å²) >= 11 is 0. The summed E-state index contributed by atoms with van der Waals surface area (Å²) in [4.78, 5) is 11.6. The molecule has 2 aliphatic rings. The van der Waals surface area contributed by atoms with Crippen LogP contribution in [-0.4, -0.2) is 61.0 Å². The van der Waals surface area contributed by atoms with Crippen molar-refractivity contribution in [2.24, 2.45) is 0 Å². The Bertz CT molecular complexity index is 522. The minimum atomic E-state index is -4.98. The van der Waals surface area contributed by atoms with Gasteiger partial charge < -0.3 is 24.3 Å². The number of hydrogen-bond donors (Lipinski definition) is 1. The maximum atomic E-state index is 12.9. The largest absolute Gasteiger partial charge is 0.471 e. The van der Waals surface area contributed by atoms with E-state index in [1.54, 1.807) is 20.8 Å². The maximum absolute atomic E-state index is 12.9. The first-order chi connectivity index (χ1) is 13.0. The number of carbonyl (C=O) groups excluding carboxylic acids is 1. The maximum Gasteiger partial charge on any atom is 0.471 e. The fraction of sp³-hybridized carbons (Fsp3) is 0.947. The zero-order valence-electron chi connectivity index (χ0n) is 17.2. The van der Waals surface area contributed by atoms with Crippen molar-refractivity contribution in [3.63, 3.8) is 0 Å². The lowest BCUT2D eigenvalue weighted by molar-refractivity contribution is -0.353. The molecule has 5 atom stereocenters. The van der Waals surface area contributed by atoms with E-state index in [-0.39, 0.29) is 12.7 Å². The molecule has 0 aromatic heterocycles. The number of nitrogens with one attached hydrogen (secondary N) is 1. The van der Waals surface area contributed by atoms with Crippen molar-refractivity contribution in [2.45, 2.75) is 109 Å². The van der Waals surface area contributed by atoms with Crippen molar-refractivity contribution in [2.75, 3.05) is 6.61 Å². The summed E-state index contributed by atoms with van der Waals surface area (Å²) in [7, 11) is 0. The smallest absolute Gasteiger partial charge is 0.370 e. The van der Waals surface area contributed by atoms with Crippen LogP contribution >= 0.6 is 0 Å². The van der Waals surface area contributed by atoms with Crippen LogP contribution < -0.4 is 5.32 Å². The number of rotatable bonds is 7. The molecule has 0 aliphatic carbocycles. The van der Waals surface area contributed by atoms with E-state index in [2.05, 4.69) is 5.32 Å². The van der Waals surface area contributed by atoms with E-state index >= 15 is 0 Å². The number of ether oxygens (including phenoxy) is 4. The molecule has 1 amide bonds. The SMILES string of the molecule is CCCC(CCC)O[C@@H]1[C@@H](NC(=O)C(F)(F)F)[C@@H](C)O[C@@H]2COC(C)(C)O[C@@H]12. The Hall–Kier alpha value is -0.900. The Labute approximate surface area is 164 Å². The molecule has 2 heterocycles. The van der Waals surface area contributed by atoms with Crippen LogP contribution in [0.4, 0.5) is 13.2 Å². The van der Waals surface area contributed by atoms with Gasteiger partial charge in [-0.3, -0.25) is 4.79 Å². The molecular weight excluding hydrogens is 379 g/mol. The number of amides is 1. The van der Waals surface area contributed by atoms with E-state index < -0.39 is 48.3 Å². The number of hydrogen-bond acceptors (Lipinski definition) is 5. The van der Waals surface area contributed by atoms with Crippen molar-refractivity contribution in [1.82, 2.24) is 5.32 Å². The van der Waals surface area contributed by atoms with Gasteiger partial charge in [-0.15, -0.1) is 0 Å². The Morgan fingerprint density at radius 3 is 2.39 bits per heavy atom. The van der Waals surface area contributed by atoms with Gasteiger partial charge in [-0.25, -0.2) is 0 Å². The van der Waals surface area contributed by atoms with Gasteiger partial charge in [0, 0.05) is 0 Å². The molecule has 2 rings (SSSR count). The van der Waals surface area contributed by atoms with Gasteiger partial charge in [0.05, 0.1) is 24.9 Å². The summed E-state index contributed by atoms with van der Waals surface area (Å²) in [6.45, 7) is 9.39. The zero-order valence-corrected chi connectivity index (χ0v) is 17.2. The molecule has 28 heavy (non-hydrogen) atoms. The first-order valence-electron chi connectivity index (χ1n) is 9.98. The van der Waals surface area contributed by atoms with Crippen molar-refractivity contribution >= 4 is 5.91 Å². The van der Waals surface area contributed by atoms with Crippen molar-refractivity contribution in [3.8, 4) is 0 Å². The normalized spacial score (nSPS) is 32.8. The number of alkyl halides is 3. The first kappa shape index (κ1) is 23.4. The highest BCUT2D eigenvalue weighted by atomic mass is 19.4. The van der Waals surface area contributed by atoms with Crippen LogP contribution in [0.3, 0.4) is 0 Å². The van der Waals surface area contributed by atoms with Crippen LogP contribution in [0.5, 0.6) is 0 Å². The fourth-order valence-electron chi connectivity index (χ4n) is 3.78. The number of fused-ring (bicyclic) bond motifs is 1. The molecule has 2 saturated heterocycles. The second-order valence-corrected chi connectivity index (χ2v) is 7.97. The lowest BCUT2D eigenvalue weighted by Gasteiger charge is -2.51. The van der Waals surface area contributed by atoms with Gasteiger partial charge in [-0.05, 0) is 33.6 Å². The summed E-state index contributed by atoms with van der Waals surface area (Å²) in [5, 5.41) is 2.07. The summed E-state index contributed by atoms with van der Waals surface area (Å²) in [5.41, 5.74) is 0. The van der Waals surface area contributed by atoms with Crippen LogP contribution in [-0.2, 0) is 23.7 Å². The van der Waals surface area contributed by atoms with E-state index in [1.807, 2.05) is 13.8 Å². The quantitative estimate of drug-likeness (QED) is 0.696. The molecule has 6 nitrogen and oxygen atoms in total. The van der Waals surface area contributed by atoms with Crippen molar-refractivity contribution in [1.29, 1.82) is 0 Å². The predicted molar refractivity (Wildman–Crippen MR) is 95.7 cm³/mol. The second kappa shape index (κ2) is 9.28. The molecule has 164 valence electrons. The Morgan fingerprint density at radius 2 is 1.86 bits per heavy atom. The average molecular weight is 411 g/mol. The van der Waals surface area contributed by atoms with Gasteiger partial charge in [0.15, 0.2) is 5.79 Å². The molecule has 1 N–H and O–H groups in total. The zero-order chi connectivity index (χ0) is 21.1. The predicted octanol–water partition coefficient (Wildman–Crippen LogP) is 3.33. The highest BCUT2D eigenvalue weighted by molar-refractivity contribution is 5.82. The number of halogens is 3. The van der Waals surface area contributed by atoms with Crippen LogP contribution in [0.1, 0.15) is 60.3 Å². The van der Waals surface area contributed by atoms with E-state index in [0.717, 1.165) is 25.7 Å². The second-order valence-electron chi connectivity index (χ2n) is 7.97. The molecule has 0 spiro atoms. The van der Waals surface area contributed by atoms with Crippen LogP contribution in [0.15, 0.2) is 0 Å². The Balaban J connectivity index is 2.29. The lowest BCUT2D eigenvalue weighted by atomic mass is 9.91. The van der Waals surface area contributed by atoms with E-state index in [4.69, 9.17) is 18.9 Å². The van der Waals surface area contributed by atoms with Crippen molar-refractivity contribution in [3.05, 3.63) is 0 Å². The van der Waals surface area contributed by atoms with Crippen LogP contribution in [0, 0.1) is 0 Å². The van der Waals surface area contributed by atoms with E-state index in [1.165, 1.54) is 0 Å². The molecule has 0 aromatic carbocycles. The average Bonchev–Trinajstić information content (AvgIpc) is 2.57. The Kier molecular flexibility index (Phi) is 7.75. The summed E-state index contributed by atoms with van der Waals surface area (Å²) in [5.74, 6) is -2.93. The van der Waals surface area contributed by atoms with Gasteiger partial charge in [-0.2, -0.15) is 13.2 Å². The third-order valence-electron chi connectivity index (χ3n) is 5.08. The van der Waals surface area contributed by atoms with Gasteiger partial charge in [-0.1, -0.05) is 26.7 Å². The molecule has 2 fully saturated rings. The minimum Gasteiger partial charge on any atom is -0.370 e. The third-order valence-corrected chi connectivity index (χ3v) is 5.08. The van der Waals surface area contributed by atoms with E-state index in [9.17, 15) is 18.0 Å². The number of carbonyl (C=O) groups is 1. The summed E-state index contributed by atoms with van der Waals surface area (Å²) < 4.78 is 62.4. The minimum absolute atomic E-state index is 0.134. The lowest BCUT2D eigenvalue weighted by Crippen LogP contribution is -2.69. The molecule has 0 radical (unpaired) electrons. The standard InChI is InChI=1S/C19H32F3NO5/c1-6-8-12(9-7-2)27-16-14(23-17(24)19(20,21)22)11(3)26-13-10-25-18(4,5)28-15(13)16/h11-16H,6-10H2,1-5H3,(H,23,24)/t11-,13-,14+,15-,16-/m1/s1. The van der Waals surface area contributed by atoms with Gasteiger partial charge in [0.1, 0.15) is 18.3 Å². The summed E-state index contributed by atoms with van der Waals surface area (Å²) in [6.07, 6.45) is -4.38. The highest BCUT2D eigenvalue weighted by Crippen LogP contribution is 2.35. The molecule has 0 aromatic rings. The Morgan fingerprint density at radius 1 is 1.25 bits per heavy atom. The molecule has 0 saturated carbocycles.